The molecule has 13 heavy (non-hydrogen) atoms. The van der Waals surface area contributed by atoms with E-state index in [-0.39, 0.29) is 5.54 Å². The summed E-state index contributed by atoms with van der Waals surface area (Å²) in [5, 5.41) is 7.86. The standard InChI is InChI=1S/C9H16ClN3/c1-4-9(3,5-2)13-7-11-12-8(13)6-10/h7H,4-6H2,1-3H3. The topological polar surface area (TPSA) is 30.7 Å². The van der Waals surface area contributed by atoms with Gasteiger partial charge in [-0.1, -0.05) is 13.8 Å². The molecule has 0 amide bonds. The van der Waals surface area contributed by atoms with Gasteiger partial charge in [-0.15, -0.1) is 21.8 Å². The van der Waals surface area contributed by atoms with Gasteiger partial charge in [0.25, 0.3) is 0 Å². The van der Waals surface area contributed by atoms with Crippen LogP contribution in [0, 0.1) is 0 Å². The molecule has 0 fully saturated rings. The number of hydrogen-bond acceptors (Lipinski definition) is 2. The minimum Gasteiger partial charge on any atom is -0.311 e. The van der Waals surface area contributed by atoms with Crippen molar-refractivity contribution in [3.05, 3.63) is 12.2 Å². The van der Waals surface area contributed by atoms with Crippen LogP contribution in [0.2, 0.25) is 0 Å². The van der Waals surface area contributed by atoms with Crippen molar-refractivity contribution < 1.29 is 0 Å². The molecule has 0 aromatic carbocycles. The van der Waals surface area contributed by atoms with Crippen LogP contribution in [-0.4, -0.2) is 14.8 Å². The van der Waals surface area contributed by atoms with Crippen molar-refractivity contribution in [1.29, 1.82) is 0 Å². The highest BCUT2D eigenvalue weighted by Crippen LogP contribution is 2.25. The molecule has 1 heterocycles. The summed E-state index contributed by atoms with van der Waals surface area (Å²) in [5.41, 5.74) is 0.105. The molecule has 1 aromatic rings. The molecule has 3 nitrogen and oxygen atoms in total. The number of aromatic nitrogens is 3. The molecule has 0 saturated carbocycles. The fraction of sp³-hybridized carbons (Fsp3) is 0.778. The molecule has 0 spiro atoms. The third-order valence-electron chi connectivity index (χ3n) is 2.84. The fourth-order valence-corrected chi connectivity index (χ4v) is 1.57. The number of hydrogen-bond donors (Lipinski definition) is 0. The molecule has 0 unspecified atom stereocenters. The average Bonchev–Trinajstić information content (AvgIpc) is 2.65. The summed E-state index contributed by atoms with van der Waals surface area (Å²) < 4.78 is 2.08. The van der Waals surface area contributed by atoms with Crippen LogP contribution in [-0.2, 0) is 11.4 Å². The van der Waals surface area contributed by atoms with Crippen LogP contribution in [0.4, 0.5) is 0 Å². The third kappa shape index (κ3) is 1.85. The van der Waals surface area contributed by atoms with Gasteiger partial charge in [0, 0.05) is 5.54 Å². The van der Waals surface area contributed by atoms with Crippen LogP contribution in [0.15, 0.2) is 6.33 Å². The van der Waals surface area contributed by atoms with E-state index in [9.17, 15) is 0 Å². The second-order valence-electron chi connectivity index (χ2n) is 3.45. The molecule has 0 bridgehead atoms. The first-order valence-electron chi connectivity index (χ1n) is 4.63. The molecular weight excluding hydrogens is 186 g/mol. The largest absolute Gasteiger partial charge is 0.311 e. The molecule has 0 radical (unpaired) electrons. The molecule has 0 N–H and O–H groups in total. The van der Waals surface area contributed by atoms with Crippen LogP contribution in [0.3, 0.4) is 0 Å². The van der Waals surface area contributed by atoms with E-state index in [0.29, 0.717) is 5.88 Å². The lowest BCUT2D eigenvalue weighted by Crippen LogP contribution is -2.29. The van der Waals surface area contributed by atoms with Gasteiger partial charge >= 0.3 is 0 Å². The van der Waals surface area contributed by atoms with E-state index >= 15 is 0 Å². The van der Waals surface area contributed by atoms with Gasteiger partial charge < -0.3 is 4.57 Å². The zero-order valence-electron chi connectivity index (χ0n) is 8.42. The van der Waals surface area contributed by atoms with Crippen molar-refractivity contribution in [3.8, 4) is 0 Å². The van der Waals surface area contributed by atoms with Gasteiger partial charge in [-0.05, 0) is 19.8 Å². The molecular formula is C9H16ClN3. The summed E-state index contributed by atoms with van der Waals surface area (Å²) in [6.45, 7) is 6.54. The van der Waals surface area contributed by atoms with E-state index in [1.165, 1.54) is 0 Å². The summed E-state index contributed by atoms with van der Waals surface area (Å²) in [6.07, 6.45) is 3.89. The van der Waals surface area contributed by atoms with Crippen molar-refractivity contribution in [2.24, 2.45) is 0 Å². The fourth-order valence-electron chi connectivity index (χ4n) is 1.39. The lowest BCUT2D eigenvalue weighted by atomic mass is 9.95. The van der Waals surface area contributed by atoms with Gasteiger partial charge in [-0.2, -0.15) is 0 Å². The van der Waals surface area contributed by atoms with E-state index < -0.39 is 0 Å². The Morgan fingerprint density at radius 3 is 2.54 bits per heavy atom. The van der Waals surface area contributed by atoms with Crippen molar-refractivity contribution in [2.75, 3.05) is 0 Å². The maximum atomic E-state index is 5.77. The van der Waals surface area contributed by atoms with Crippen molar-refractivity contribution >= 4 is 11.6 Å². The molecule has 0 atom stereocenters. The normalized spacial score (nSPS) is 12.0. The number of alkyl halides is 1. The predicted octanol–water partition coefficient (Wildman–Crippen LogP) is 2.55. The van der Waals surface area contributed by atoms with Gasteiger partial charge in [0.1, 0.15) is 12.2 Å². The Hall–Kier alpha value is -0.570. The van der Waals surface area contributed by atoms with Crippen molar-refractivity contribution in [2.45, 2.75) is 45.0 Å². The Morgan fingerprint density at radius 2 is 2.08 bits per heavy atom. The zero-order chi connectivity index (χ0) is 9.90. The Morgan fingerprint density at radius 1 is 1.46 bits per heavy atom. The van der Waals surface area contributed by atoms with E-state index in [1.807, 2.05) is 0 Å². The molecule has 4 heteroatoms. The summed E-state index contributed by atoms with van der Waals surface area (Å²) in [7, 11) is 0. The molecule has 1 rings (SSSR count). The molecule has 0 saturated heterocycles. The highest BCUT2D eigenvalue weighted by Gasteiger charge is 2.24. The van der Waals surface area contributed by atoms with Gasteiger partial charge in [0.2, 0.25) is 0 Å². The highest BCUT2D eigenvalue weighted by molar-refractivity contribution is 6.16. The second kappa shape index (κ2) is 4.09. The number of nitrogens with zero attached hydrogens (tertiary/aromatic N) is 3. The van der Waals surface area contributed by atoms with Gasteiger partial charge in [0.05, 0.1) is 5.88 Å². The predicted molar refractivity (Wildman–Crippen MR) is 53.8 cm³/mol. The molecule has 0 aliphatic carbocycles. The van der Waals surface area contributed by atoms with Crippen molar-refractivity contribution in [3.63, 3.8) is 0 Å². The summed E-state index contributed by atoms with van der Waals surface area (Å²) in [5.74, 6) is 1.28. The van der Waals surface area contributed by atoms with Crippen LogP contribution in [0.1, 0.15) is 39.4 Å². The average molecular weight is 202 g/mol. The molecule has 0 aliphatic heterocycles. The Kier molecular flexibility index (Phi) is 3.31. The molecule has 74 valence electrons. The zero-order valence-corrected chi connectivity index (χ0v) is 9.17. The van der Waals surface area contributed by atoms with Crippen molar-refractivity contribution in [1.82, 2.24) is 14.8 Å². The van der Waals surface area contributed by atoms with E-state index in [1.54, 1.807) is 6.33 Å². The number of halogens is 1. The minimum atomic E-state index is 0.105. The van der Waals surface area contributed by atoms with Gasteiger partial charge in [0.15, 0.2) is 0 Å². The Labute approximate surface area is 84.1 Å². The Balaban J connectivity index is 3.03. The molecule has 0 aliphatic rings. The first kappa shape index (κ1) is 10.5. The maximum Gasteiger partial charge on any atom is 0.148 e. The quantitative estimate of drug-likeness (QED) is 0.701. The Bertz CT molecular complexity index is 266. The van der Waals surface area contributed by atoms with E-state index in [4.69, 9.17) is 11.6 Å². The first-order valence-corrected chi connectivity index (χ1v) is 5.16. The smallest absolute Gasteiger partial charge is 0.148 e. The molecule has 1 aromatic heterocycles. The monoisotopic (exact) mass is 201 g/mol. The van der Waals surface area contributed by atoms with Crippen LogP contribution >= 0.6 is 11.6 Å². The number of rotatable bonds is 4. The summed E-state index contributed by atoms with van der Waals surface area (Å²) in [4.78, 5) is 0. The lowest BCUT2D eigenvalue weighted by Gasteiger charge is -2.29. The van der Waals surface area contributed by atoms with Crippen LogP contribution < -0.4 is 0 Å². The SMILES string of the molecule is CCC(C)(CC)n1cnnc1CCl. The second-order valence-corrected chi connectivity index (χ2v) is 3.72. The van der Waals surface area contributed by atoms with Gasteiger partial charge in [-0.3, -0.25) is 0 Å². The minimum absolute atomic E-state index is 0.105. The van der Waals surface area contributed by atoms with Crippen LogP contribution in [0.5, 0.6) is 0 Å². The maximum absolute atomic E-state index is 5.77. The van der Waals surface area contributed by atoms with Crippen LogP contribution in [0.25, 0.3) is 0 Å². The van der Waals surface area contributed by atoms with Gasteiger partial charge in [-0.25, -0.2) is 0 Å². The van der Waals surface area contributed by atoms with E-state index in [2.05, 4.69) is 35.5 Å². The lowest BCUT2D eigenvalue weighted by molar-refractivity contribution is 0.286. The highest BCUT2D eigenvalue weighted by atomic mass is 35.5. The first-order chi connectivity index (χ1) is 6.18. The third-order valence-corrected chi connectivity index (χ3v) is 3.08. The van der Waals surface area contributed by atoms with E-state index in [0.717, 1.165) is 18.7 Å². The summed E-state index contributed by atoms with van der Waals surface area (Å²) >= 11 is 5.77. The summed E-state index contributed by atoms with van der Waals surface area (Å²) in [6, 6.07) is 0.